The number of hydrogen-bond acceptors (Lipinski definition) is 15. The van der Waals surface area contributed by atoms with Gasteiger partial charge in [-0.2, -0.15) is 0 Å². The Bertz CT molecular complexity index is 1960. The molecule has 0 spiro atoms. The van der Waals surface area contributed by atoms with Crippen molar-refractivity contribution in [1.29, 1.82) is 0 Å². The monoisotopic (exact) mass is 1510 g/mol. The van der Waals surface area contributed by atoms with Crippen LogP contribution in [0.4, 0.5) is 0 Å². The summed E-state index contributed by atoms with van der Waals surface area (Å²) in [6, 6.07) is 0. The number of rotatable bonds is 84. The lowest BCUT2D eigenvalue weighted by atomic mass is 10.0. The molecule has 0 heterocycles. The predicted molar refractivity (Wildman–Crippen MR) is 423 cm³/mol. The van der Waals surface area contributed by atoms with E-state index in [1.807, 2.05) is 0 Å². The summed E-state index contributed by atoms with van der Waals surface area (Å²) in [5, 5.41) is 10.7. The van der Waals surface area contributed by atoms with E-state index in [1.54, 1.807) is 0 Å². The summed E-state index contributed by atoms with van der Waals surface area (Å²) in [6.07, 6.45) is 69.2. The highest BCUT2D eigenvalue weighted by Gasteiger charge is 2.30. The fraction of sp³-hybridized carbons (Fsp3) is 0.952. The molecule has 0 aromatic carbocycles. The van der Waals surface area contributed by atoms with Gasteiger partial charge in [0.25, 0.3) is 0 Å². The zero-order valence-corrected chi connectivity index (χ0v) is 69.3. The first-order valence-corrected chi connectivity index (χ1v) is 46.6. The number of carbonyl (C=O) groups excluding carboxylic acids is 4. The predicted octanol–water partition coefficient (Wildman–Crippen LogP) is 25.6. The van der Waals surface area contributed by atoms with Crippen LogP contribution >= 0.6 is 15.6 Å². The summed E-state index contributed by atoms with van der Waals surface area (Å²) < 4.78 is 68.9. The molecule has 103 heavy (non-hydrogen) atoms. The van der Waals surface area contributed by atoms with Crippen LogP contribution in [0.3, 0.4) is 0 Å². The van der Waals surface area contributed by atoms with Crippen molar-refractivity contribution in [2.45, 2.75) is 470 Å². The zero-order chi connectivity index (χ0) is 75.5. The second-order valence-corrected chi connectivity index (χ2v) is 33.6. The number of phosphoric acid groups is 2. The summed E-state index contributed by atoms with van der Waals surface area (Å²) in [5.74, 6) is -1.30. The highest BCUT2D eigenvalue weighted by Crippen LogP contribution is 2.45. The van der Waals surface area contributed by atoms with Crippen molar-refractivity contribution >= 4 is 39.5 Å². The van der Waals surface area contributed by atoms with E-state index in [4.69, 9.17) is 37.0 Å². The Kier molecular flexibility index (Phi) is 75.4. The molecule has 0 aliphatic carbocycles. The van der Waals surface area contributed by atoms with Crippen LogP contribution in [0.25, 0.3) is 0 Å². The number of carbonyl (C=O) groups is 4. The van der Waals surface area contributed by atoms with Crippen LogP contribution in [0.5, 0.6) is 0 Å². The summed E-state index contributed by atoms with van der Waals surface area (Å²) >= 11 is 0. The third-order valence-corrected chi connectivity index (χ3v) is 21.7. The Morgan fingerprint density at radius 2 is 0.447 bits per heavy atom. The molecule has 19 heteroatoms. The lowest BCUT2D eigenvalue weighted by Crippen LogP contribution is -2.30. The van der Waals surface area contributed by atoms with Gasteiger partial charge in [0.15, 0.2) is 12.2 Å². The Labute approximate surface area is 632 Å². The molecule has 0 bridgehead atoms. The molecule has 0 aromatic heterocycles. The number of ether oxygens (including phenoxy) is 4. The standard InChI is InChI=1S/C84H164O17P2/c1-6-9-12-15-18-21-24-27-29-30-31-34-39-43-48-53-58-63-68-82(87)95-74-80(101-84(89)70-65-60-55-50-45-40-35-32-33-37-41-46-51-56-61-66-77(4)5)76-99-103(92,93)97-72-78(85)71-96-102(90,91)98-75-79(73-94-81(86)67-62-57-52-47-42-36-26-23-20-17-14-11-8-3)100-83(88)69-64-59-54-49-44-38-28-25-22-19-16-13-10-7-2/h77-80,85H,6-76H2,1-5H3,(H,90,91)(H,92,93)/t78-,79+,80+/m0/s1. The number of hydrogen-bond donors (Lipinski definition) is 3. The molecule has 0 fully saturated rings. The quantitative estimate of drug-likeness (QED) is 0.0222. The summed E-state index contributed by atoms with van der Waals surface area (Å²) in [6.45, 7) is 7.39. The largest absolute Gasteiger partial charge is 0.472 e. The van der Waals surface area contributed by atoms with Gasteiger partial charge in [-0.1, -0.05) is 401 Å². The van der Waals surface area contributed by atoms with E-state index in [-0.39, 0.29) is 25.7 Å². The molecule has 3 N–H and O–H groups in total. The maximum atomic E-state index is 13.1. The SMILES string of the molecule is CCCCCCCCCCCCCCCCCCCCC(=O)OC[C@H](COP(=O)(O)OC[C@@H](O)COP(=O)(O)OC[C@@H](COC(=O)CCCCCCCCCCCCCCC)OC(=O)CCCCCCCCCCCCCCCC)OC(=O)CCCCCCCCCCCCCCCCCC(C)C. The molecule has 612 valence electrons. The Morgan fingerprint density at radius 3 is 0.660 bits per heavy atom. The smallest absolute Gasteiger partial charge is 0.462 e. The van der Waals surface area contributed by atoms with E-state index < -0.39 is 97.5 Å². The molecular weight excluding hydrogens is 1340 g/mol. The second-order valence-electron chi connectivity index (χ2n) is 30.7. The van der Waals surface area contributed by atoms with Crippen LogP contribution in [-0.2, 0) is 65.4 Å². The fourth-order valence-electron chi connectivity index (χ4n) is 13.1. The minimum absolute atomic E-state index is 0.109. The first-order valence-electron chi connectivity index (χ1n) is 43.6. The fourth-order valence-corrected chi connectivity index (χ4v) is 14.7. The lowest BCUT2D eigenvalue weighted by molar-refractivity contribution is -0.161. The Hall–Kier alpha value is -1.94. The number of aliphatic hydroxyl groups is 1. The van der Waals surface area contributed by atoms with Crippen molar-refractivity contribution in [3.05, 3.63) is 0 Å². The Morgan fingerprint density at radius 1 is 0.262 bits per heavy atom. The molecule has 5 atom stereocenters. The van der Waals surface area contributed by atoms with Gasteiger partial charge in [0.1, 0.15) is 19.3 Å². The van der Waals surface area contributed by atoms with Gasteiger partial charge >= 0.3 is 39.5 Å². The van der Waals surface area contributed by atoms with E-state index in [2.05, 4.69) is 34.6 Å². The minimum Gasteiger partial charge on any atom is -0.462 e. The normalized spacial score (nSPS) is 13.8. The van der Waals surface area contributed by atoms with E-state index in [9.17, 15) is 43.2 Å². The molecule has 0 aliphatic rings. The third kappa shape index (κ3) is 78.0. The summed E-state index contributed by atoms with van der Waals surface area (Å²) in [4.78, 5) is 73.2. The van der Waals surface area contributed by atoms with Crippen molar-refractivity contribution in [1.82, 2.24) is 0 Å². The maximum absolute atomic E-state index is 13.1. The van der Waals surface area contributed by atoms with Gasteiger partial charge in [0.05, 0.1) is 26.4 Å². The van der Waals surface area contributed by atoms with Gasteiger partial charge < -0.3 is 33.8 Å². The maximum Gasteiger partial charge on any atom is 0.472 e. The average Bonchev–Trinajstić information content (AvgIpc) is 0.922. The van der Waals surface area contributed by atoms with Gasteiger partial charge in [-0.25, -0.2) is 9.13 Å². The van der Waals surface area contributed by atoms with E-state index in [0.717, 1.165) is 95.8 Å². The zero-order valence-electron chi connectivity index (χ0n) is 67.5. The number of unbranched alkanes of at least 4 members (excludes halogenated alkanes) is 56. The van der Waals surface area contributed by atoms with Gasteiger partial charge in [-0.05, 0) is 31.6 Å². The molecule has 0 saturated carbocycles. The van der Waals surface area contributed by atoms with E-state index >= 15 is 0 Å². The highest BCUT2D eigenvalue weighted by atomic mass is 31.2. The number of esters is 4. The molecular formula is C84H164O17P2. The van der Waals surface area contributed by atoms with E-state index in [0.29, 0.717) is 25.7 Å². The van der Waals surface area contributed by atoms with Crippen LogP contribution in [0.1, 0.15) is 452 Å². The van der Waals surface area contributed by atoms with Crippen LogP contribution in [0, 0.1) is 5.92 Å². The van der Waals surface area contributed by atoms with Crippen LogP contribution in [0.2, 0.25) is 0 Å². The molecule has 17 nitrogen and oxygen atoms in total. The topological polar surface area (TPSA) is 237 Å². The van der Waals surface area contributed by atoms with Gasteiger partial charge in [0, 0.05) is 25.7 Å². The van der Waals surface area contributed by atoms with Gasteiger partial charge in [0.2, 0.25) is 0 Å². The number of aliphatic hydroxyl groups excluding tert-OH is 1. The molecule has 0 aromatic rings. The second kappa shape index (κ2) is 76.8. The first-order chi connectivity index (χ1) is 50.0. The minimum atomic E-state index is -4.96. The molecule has 0 radical (unpaired) electrons. The van der Waals surface area contributed by atoms with Crippen molar-refractivity contribution in [2.24, 2.45) is 5.92 Å². The third-order valence-electron chi connectivity index (χ3n) is 19.8. The molecule has 0 amide bonds. The van der Waals surface area contributed by atoms with Crippen LogP contribution in [-0.4, -0.2) is 96.7 Å². The van der Waals surface area contributed by atoms with Gasteiger partial charge in [-0.15, -0.1) is 0 Å². The van der Waals surface area contributed by atoms with Crippen molar-refractivity contribution in [2.75, 3.05) is 39.6 Å². The summed E-state index contributed by atoms with van der Waals surface area (Å²) in [5.41, 5.74) is 0. The van der Waals surface area contributed by atoms with Gasteiger partial charge in [-0.3, -0.25) is 37.3 Å². The van der Waals surface area contributed by atoms with E-state index in [1.165, 1.54) is 276 Å². The van der Waals surface area contributed by atoms with Crippen molar-refractivity contribution in [3.63, 3.8) is 0 Å². The Balaban J connectivity index is 5.26. The molecule has 2 unspecified atom stereocenters. The number of phosphoric ester groups is 2. The van der Waals surface area contributed by atoms with Crippen molar-refractivity contribution in [3.8, 4) is 0 Å². The van der Waals surface area contributed by atoms with Crippen LogP contribution < -0.4 is 0 Å². The van der Waals surface area contributed by atoms with Crippen molar-refractivity contribution < 1.29 is 80.2 Å². The summed E-state index contributed by atoms with van der Waals surface area (Å²) in [7, 11) is -9.92. The molecule has 0 rings (SSSR count). The first kappa shape index (κ1) is 101. The molecule has 0 aliphatic heterocycles. The average molecular weight is 1510 g/mol. The highest BCUT2D eigenvalue weighted by molar-refractivity contribution is 7.47. The lowest BCUT2D eigenvalue weighted by Gasteiger charge is -2.21. The van der Waals surface area contributed by atoms with Crippen LogP contribution in [0.15, 0.2) is 0 Å². The molecule has 0 saturated heterocycles.